The van der Waals surface area contributed by atoms with Crippen molar-refractivity contribution in [2.45, 2.75) is 56.8 Å². The molecule has 2 aromatic rings. The summed E-state index contributed by atoms with van der Waals surface area (Å²) in [5, 5.41) is 25.2. The highest BCUT2D eigenvalue weighted by Gasteiger charge is 2.30. The van der Waals surface area contributed by atoms with Crippen LogP contribution in [0.3, 0.4) is 0 Å². The molecule has 3 fully saturated rings. The highest BCUT2D eigenvalue weighted by Crippen LogP contribution is 2.36. The van der Waals surface area contributed by atoms with Gasteiger partial charge in [0.1, 0.15) is 17.2 Å². The molecular formula is C24H34N2O6. The molecule has 1 aromatic carbocycles. The van der Waals surface area contributed by atoms with Crippen LogP contribution >= 0.6 is 0 Å². The summed E-state index contributed by atoms with van der Waals surface area (Å²) in [6.07, 6.45) is 4.58. The van der Waals surface area contributed by atoms with Gasteiger partial charge in [-0.3, -0.25) is 0 Å². The minimum Gasteiger partial charge on any atom is -0.487 e. The zero-order chi connectivity index (χ0) is 21.9. The topological polar surface area (TPSA) is 97.4 Å². The first-order valence-corrected chi connectivity index (χ1v) is 12.0. The second kappa shape index (κ2) is 9.95. The van der Waals surface area contributed by atoms with Crippen molar-refractivity contribution in [1.82, 2.24) is 10.1 Å². The Bertz CT molecular complexity index is 880. The van der Waals surface area contributed by atoms with Gasteiger partial charge in [-0.25, -0.2) is 0 Å². The van der Waals surface area contributed by atoms with E-state index in [2.05, 4.69) is 10.1 Å². The zero-order valence-corrected chi connectivity index (χ0v) is 18.5. The first kappa shape index (κ1) is 21.9. The Hall–Kier alpha value is -1.87. The summed E-state index contributed by atoms with van der Waals surface area (Å²) in [6, 6.07) is 5.62. The van der Waals surface area contributed by atoms with Crippen molar-refractivity contribution >= 4 is 11.0 Å². The summed E-state index contributed by atoms with van der Waals surface area (Å²) in [5.74, 6) is 1.80. The number of likely N-dealkylation sites (tertiary alicyclic amines) is 1. The SMILES string of the molecule is OC1CCOCC1CN1CCC(COc2noc3cccc(OC4CCCC4O)c23)CC1. The molecule has 1 saturated carbocycles. The molecule has 3 heterocycles. The molecule has 2 saturated heterocycles. The number of nitrogens with zero attached hydrogens (tertiary/aromatic N) is 2. The van der Waals surface area contributed by atoms with E-state index in [1.807, 2.05) is 18.2 Å². The van der Waals surface area contributed by atoms with Crippen molar-refractivity contribution in [3.8, 4) is 11.6 Å². The average molecular weight is 447 g/mol. The molecule has 1 aromatic heterocycles. The monoisotopic (exact) mass is 446 g/mol. The molecule has 4 unspecified atom stereocenters. The van der Waals surface area contributed by atoms with Gasteiger partial charge in [-0.05, 0) is 74.8 Å². The van der Waals surface area contributed by atoms with Crippen molar-refractivity contribution in [3.63, 3.8) is 0 Å². The third-order valence-electron chi connectivity index (χ3n) is 7.21. The van der Waals surface area contributed by atoms with Gasteiger partial charge in [0.15, 0.2) is 5.58 Å². The summed E-state index contributed by atoms with van der Waals surface area (Å²) >= 11 is 0. The van der Waals surface area contributed by atoms with Crippen LogP contribution in [0.5, 0.6) is 11.6 Å². The van der Waals surface area contributed by atoms with Gasteiger partial charge in [-0.2, -0.15) is 0 Å². The lowest BCUT2D eigenvalue weighted by atomic mass is 9.94. The van der Waals surface area contributed by atoms with E-state index in [4.69, 9.17) is 18.7 Å². The number of aliphatic hydroxyl groups excluding tert-OH is 2. The standard InChI is InChI=1S/C24H34N2O6/c27-18-9-12-29-15-17(18)13-26-10-7-16(8-11-26)14-30-24-23-21(5-2-6-22(23)32-25-24)31-20-4-1-3-19(20)28/h2,5-6,16-20,27-28H,1,3-4,7-15H2. The minimum absolute atomic E-state index is 0.194. The summed E-state index contributed by atoms with van der Waals surface area (Å²) in [5.41, 5.74) is 0.632. The smallest absolute Gasteiger partial charge is 0.265 e. The highest BCUT2D eigenvalue weighted by atomic mass is 16.5. The first-order valence-electron chi connectivity index (χ1n) is 12.0. The van der Waals surface area contributed by atoms with Gasteiger partial charge >= 0.3 is 0 Å². The number of aliphatic hydroxyl groups is 2. The minimum atomic E-state index is -0.430. The zero-order valence-electron chi connectivity index (χ0n) is 18.5. The number of fused-ring (bicyclic) bond motifs is 1. The van der Waals surface area contributed by atoms with E-state index >= 15 is 0 Å². The lowest BCUT2D eigenvalue weighted by molar-refractivity contribution is -0.0496. The maximum Gasteiger partial charge on any atom is 0.265 e. The van der Waals surface area contributed by atoms with Crippen LogP contribution < -0.4 is 9.47 Å². The summed E-state index contributed by atoms with van der Waals surface area (Å²) in [7, 11) is 0. The maximum atomic E-state index is 10.2. The van der Waals surface area contributed by atoms with Crippen LogP contribution in [0.2, 0.25) is 0 Å². The predicted molar refractivity (Wildman–Crippen MR) is 118 cm³/mol. The van der Waals surface area contributed by atoms with Gasteiger partial charge in [0.2, 0.25) is 0 Å². The van der Waals surface area contributed by atoms with Crippen molar-refractivity contribution in [1.29, 1.82) is 0 Å². The summed E-state index contributed by atoms with van der Waals surface area (Å²) in [6.45, 7) is 4.82. The number of hydrogen-bond donors (Lipinski definition) is 2. The Morgan fingerprint density at radius 3 is 2.72 bits per heavy atom. The van der Waals surface area contributed by atoms with Crippen LogP contribution in [0, 0.1) is 11.8 Å². The van der Waals surface area contributed by atoms with E-state index in [0.29, 0.717) is 43.0 Å². The second-order valence-electron chi connectivity index (χ2n) is 9.52. The van der Waals surface area contributed by atoms with E-state index in [1.165, 1.54) is 0 Å². The lowest BCUT2D eigenvalue weighted by Gasteiger charge is -2.36. The molecule has 0 radical (unpaired) electrons. The molecule has 8 heteroatoms. The highest BCUT2D eigenvalue weighted by molar-refractivity contribution is 5.88. The number of rotatable bonds is 7. The van der Waals surface area contributed by atoms with Crippen LogP contribution in [-0.2, 0) is 4.74 Å². The number of piperidine rings is 1. The van der Waals surface area contributed by atoms with Crippen molar-refractivity contribution in [2.24, 2.45) is 11.8 Å². The van der Waals surface area contributed by atoms with E-state index in [9.17, 15) is 10.2 Å². The molecule has 3 aliphatic rings. The molecule has 4 atom stereocenters. The van der Waals surface area contributed by atoms with Crippen LogP contribution in [0.15, 0.2) is 22.7 Å². The molecule has 8 nitrogen and oxygen atoms in total. The largest absolute Gasteiger partial charge is 0.487 e. The van der Waals surface area contributed by atoms with Gasteiger partial charge in [0.25, 0.3) is 5.88 Å². The molecule has 5 rings (SSSR count). The van der Waals surface area contributed by atoms with Gasteiger partial charge < -0.3 is 33.8 Å². The Kier molecular flexibility index (Phi) is 6.83. The fourth-order valence-electron chi connectivity index (χ4n) is 5.16. The molecule has 2 aliphatic heterocycles. The van der Waals surface area contributed by atoms with Gasteiger partial charge in [0.05, 0.1) is 25.4 Å². The van der Waals surface area contributed by atoms with E-state index in [0.717, 1.165) is 63.5 Å². The van der Waals surface area contributed by atoms with Gasteiger partial charge in [-0.15, -0.1) is 0 Å². The molecule has 0 bridgehead atoms. The Morgan fingerprint density at radius 1 is 1.06 bits per heavy atom. The molecule has 2 N–H and O–H groups in total. The van der Waals surface area contributed by atoms with E-state index < -0.39 is 6.10 Å². The molecule has 176 valence electrons. The number of ether oxygens (including phenoxy) is 3. The molecule has 0 spiro atoms. The summed E-state index contributed by atoms with van der Waals surface area (Å²) < 4.78 is 23.2. The molecule has 1 aliphatic carbocycles. The molecular weight excluding hydrogens is 412 g/mol. The van der Waals surface area contributed by atoms with Crippen molar-refractivity contribution < 1.29 is 28.9 Å². The van der Waals surface area contributed by atoms with Crippen LogP contribution in [0.1, 0.15) is 38.5 Å². The Balaban J connectivity index is 1.15. The van der Waals surface area contributed by atoms with E-state index in [1.54, 1.807) is 0 Å². The predicted octanol–water partition coefficient (Wildman–Crippen LogP) is 2.61. The van der Waals surface area contributed by atoms with Gasteiger partial charge in [0, 0.05) is 19.1 Å². The quantitative estimate of drug-likeness (QED) is 0.670. The average Bonchev–Trinajstić information content (AvgIpc) is 3.41. The molecule has 32 heavy (non-hydrogen) atoms. The fourth-order valence-corrected chi connectivity index (χ4v) is 5.16. The van der Waals surface area contributed by atoms with Crippen molar-refractivity contribution in [3.05, 3.63) is 18.2 Å². The van der Waals surface area contributed by atoms with Crippen LogP contribution in [0.4, 0.5) is 0 Å². The maximum absolute atomic E-state index is 10.2. The normalized spacial score (nSPS) is 30.1. The third-order valence-corrected chi connectivity index (χ3v) is 7.21. The number of aromatic nitrogens is 1. The number of benzene rings is 1. The van der Waals surface area contributed by atoms with Gasteiger partial charge in [-0.1, -0.05) is 6.07 Å². The van der Waals surface area contributed by atoms with Crippen LogP contribution in [-0.4, -0.2) is 78.0 Å². The molecule has 0 amide bonds. The van der Waals surface area contributed by atoms with Crippen LogP contribution in [0.25, 0.3) is 11.0 Å². The number of hydrogen-bond acceptors (Lipinski definition) is 8. The summed E-state index contributed by atoms with van der Waals surface area (Å²) in [4.78, 5) is 2.43. The first-order chi connectivity index (χ1) is 15.7. The lowest BCUT2D eigenvalue weighted by Crippen LogP contribution is -2.44. The second-order valence-corrected chi connectivity index (χ2v) is 9.52. The third kappa shape index (κ3) is 4.88. The van der Waals surface area contributed by atoms with Crippen molar-refractivity contribution in [2.75, 3.05) is 39.5 Å². The Morgan fingerprint density at radius 2 is 1.94 bits per heavy atom. The Labute approximate surface area is 188 Å². The van der Waals surface area contributed by atoms with E-state index in [-0.39, 0.29) is 18.1 Å². The fraction of sp³-hybridized carbons (Fsp3) is 0.708.